The molecule has 1 aliphatic carbocycles. The fourth-order valence-electron chi connectivity index (χ4n) is 2.26. The van der Waals surface area contributed by atoms with Crippen molar-refractivity contribution in [2.24, 2.45) is 5.92 Å². The summed E-state index contributed by atoms with van der Waals surface area (Å²) in [6, 6.07) is 0. The summed E-state index contributed by atoms with van der Waals surface area (Å²) in [4.78, 5) is 4.10. The van der Waals surface area contributed by atoms with Crippen LogP contribution >= 0.6 is 0 Å². The average molecular weight is 218 g/mol. The minimum atomic E-state index is 0.677. The molecule has 0 aromatic carbocycles. The van der Waals surface area contributed by atoms with Crippen molar-refractivity contribution in [3.8, 4) is 0 Å². The summed E-state index contributed by atoms with van der Waals surface area (Å²) in [6.45, 7) is 0.987. The third kappa shape index (κ3) is 1.70. The predicted octanol–water partition coefficient (Wildman–Crippen LogP) is 1.12. The molecular weight excluding hydrogens is 204 g/mol. The molecule has 1 aliphatic rings. The van der Waals surface area contributed by atoms with E-state index in [4.69, 9.17) is 0 Å². The molecule has 2 heterocycles. The Morgan fingerprint density at radius 2 is 2.19 bits per heavy atom. The van der Waals surface area contributed by atoms with Gasteiger partial charge in [-0.25, -0.2) is 0 Å². The molecule has 2 aromatic heterocycles. The molecular formula is C10H14N6. The van der Waals surface area contributed by atoms with Crippen LogP contribution in [0.1, 0.15) is 25.7 Å². The van der Waals surface area contributed by atoms with Crippen LogP contribution in [-0.2, 0) is 0 Å². The van der Waals surface area contributed by atoms with E-state index in [0.717, 1.165) is 18.3 Å². The Hall–Kier alpha value is -1.72. The van der Waals surface area contributed by atoms with Crippen molar-refractivity contribution in [3.05, 3.63) is 12.4 Å². The molecule has 0 amide bonds. The molecule has 2 aromatic rings. The Labute approximate surface area is 93.1 Å². The van der Waals surface area contributed by atoms with E-state index in [0.29, 0.717) is 5.65 Å². The van der Waals surface area contributed by atoms with Crippen LogP contribution in [0.25, 0.3) is 5.65 Å². The summed E-state index contributed by atoms with van der Waals surface area (Å²) in [5.41, 5.74) is 0.677. The molecule has 1 fully saturated rings. The van der Waals surface area contributed by atoms with E-state index in [2.05, 4.69) is 25.8 Å². The zero-order valence-corrected chi connectivity index (χ0v) is 9.00. The molecule has 6 nitrogen and oxygen atoms in total. The first-order chi connectivity index (χ1) is 7.93. The Balaban J connectivity index is 1.75. The largest absolute Gasteiger partial charge is 0.368 e. The van der Waals surface area contributed by atoms with Crippen LogP contribution in [0, 0.1) is 5.92 Å². The number of fused-ring (bicyclic) bond motifs is 1. The van der Waals surface area contributed by atoms with E-state index in [-0.39, 0.29) is 0 Å². The number of hydrogen-bond donors (Lipinski definition) is 1. The van der Waals surface area contributed by atoms with Gasteiger partial charge in [-0.1, -0.05) is 12.8 Å². The number of anilines is 1. The maximum absolute atomic E-state index is 4.10. The monoisotopic (exact) mass is 218 g/mol. The third-order valence-electron chi connectivity index (χ3n) is 3.16. The summed E-state index contributed by atoms with van der Waals surface area (Å²) < 4.78 is 1.68. The maximum Gasteiger partial charge on any atom is 0.199 e. The van der Waals surface area contributed by atoms with Gasteiger partial charge < -0.3 is 5.32 Å². The topological polar surface area (TPSA) is 68.0 Å². The lowest BCUT2D eigenvalue weighted by Crippen LogP contribution is -2.13. The molecule has 3 rings (SSSR count). The van der Waals surface area contributed by atoms with Gasteiger partial charge >= 0.3 is 0 Å². The van der Waals surface area contributed by atoms with Crippen LogP contribution < -0.4 is 5.32 Å². The fourth-order valence-corrected chi connectivity index (χ4v) is 2.26. The van der Waals surface area contributed by atoms with Crippen LogP contribution in [-0.4, -0.2) is 31.6 Å². The molecule has 0 atom stereocenters. The van der Waals surface area contributed by atoms with Gasteiger partial charge in [-0.3, -0.25) is 4.98 Å². The summed E-state index contributed by atoms with van der Waals surface area (Å²) in [6.07, 6.45) is 8.79. The number of rotatable bonds is 3. The number of hydrogen-bond acceptors (Lipinski definition) is 5. The SMILES string of the molecule is c1ncc2nnnn2c1NCC1CCCC1. The van der Waals surface area contributed by atoms with Crippen LogP contribution in [0.3, 0.4) is 0 Å². The Morgan fingerprint density at radius 1 is 1.31 bits per heavy atom. The highest BCUT2D eigenvalue weighted by molar-refractivity contribution is 5.43. The third-order valence-corrected chi connectivity index (χ3v) is 3.16. The first kappa shape index (κ1) is 9.50. The van der Waals surface area contributed by atoms with E-state index in [1.807, 2.05) is 0 Å². The molecule has 0 spiro atoms. The van der Waals surface area contributed by atoms with E-state index in [1.165, 1.54) is 25.7 Å². The molecule has 16 heavy (non-hydrogen) atoms. The molecule has 0 radical (unpaired) electrons. The summed E-state index contributed by atoms with van der Waals surface area (Å²) in [5.74, 6) is 1.65. The number of nitrogens with zero attached hydrogens (tertiary/aromatic N) is 5. The number of nitrogens with one attached hydrogen (secondary N) is 1. The highest BCUT2D eigenvalue weighted by Gasteiger charge is 2.15. The Bertz CT molecular complexity index is 473. The van der Waals surface area contributed by atoms with E-state index in [1.54, 1.807) is 16.9 Å². The van der Waals surface area contributed by atoms with E-state index >= 15 is 0 Å². The zero-order valence-electron chi connectivity index (χ0n) is 9.00. The van der Waals surface area contributed by atoms with Gasteiger partial charge in [0.1, 0.15) is 5.82 Å². The smallest absolute Gasteiger partial charge is 0.199 e. The van der Waals surface area contributed by atoms with Crippen LogP contribution in [0.15, 0.2) is 12.4 Å². The van der Waals surface area contributed by atoms with Crippen molar-refractivity contribution in [3.63, 3.8) is 0 Å². The first-order valence-electron chi connectivity index (χ1n) is 5.69. The second-order valence-electron chi connectivity index (χ2n) is 4.27. The summed E-state index contributed by atoms with van der Waals surface area (Å²) in [7, 11) is 0. The Morgan fingerprint density at radius 3 is 3.06 bits per heavy atom. The molecule has 0 unspecified atom stereocenters. The van der Waals surface area contributed by atoms with E-state index in [9.17, 15) is 0 Å². The van der Waals surface area contributed by atoms with Crippen molar-refractivity contribution in [1.29, 1.82) is 0 Å². The van der Waals surface area contributed by atoms with Gasteiger partial charge in [0, 0.05) is 6.54 Å². The lowest BCUT2D eigenvalue weighted by Gasteiger charge is -2.11. The second kappa shape index (κ2) is 4.03. The molecule has 6 heteroatoms. The van der Waals surface area contributed by atoms with Gasteiger partial charge in [0.25, 0.3) is 0 Å². The molecule has 0 saturated heterocycles. The van der Waals surface area contributed by atoms with Crippen molar-refractivity contribution in [1.82, 2.24) is 25.0 Å². The van der Waals surface area contributed by atoms with Crippen molar-refractivity contribution < 1.29 is 0 Å². The molecule has 1 N–H and O–H groups in total. The quantitative estimate of drug-likeness (QED) is 0.836. The molecule has 0 aliphatic heterocycles. The minimum absolute atomic E-state index is 0.677. The highest BCUT2D eigenvalue weighted by Crippen LogP contribution is 2.24. The van der Waals surface area contributed by atoms with Crippen LogP contribution in [0.5, 0.6) is 0 Å². The first-order valence-corrected chi connectivity index (χ1v) is 5.69. The zero-order chi connectivity index (χ0) is 10.8. The fraction of sp³-hybridized carbons (Fsp3) is 0.600. The summed E-state index contributed by atoms with van der Waals surface area (Å²) in [5, 5.41) is 14.8. The number of tetrazole rings is 1. The molecule has 0 bridgehead atoms. The van der Waals surface area contributed by atoms with Gasteiger partial charge in [0.15, 0.2) is 5.65 Å². The van der Waals surface area contributed by atoms with Gasteiger partial charge in [-0.2, -0.15) is 4.52 Å². The highest BCUT2D eigenvalue weighted by atomic mass is 15.5. The second-order valence-corrected chi connectivity index (χ2v) is 4.27. The minimum Gasteiger partial charge on any atom is -0.368 e. The van der Waals surface area contributed by atoms with Crippen molar-refractivity contribution >= 4 is 11.5 Å². The summed E-state index contributed by atoms with van der Waals surface area (Å²) >= 11 is 0. The van der Waals surface area contributed by atoms with Gasteiger partial charge in [0.2, 0.25) is 0 Å². The van der Waals surface area contributed by atoms with E-state index < -0.39 is 0 Å². The maximum atomic E-state index is 4.10. The number of aromatic nitrogens is 5. The standard InChI is InChI=1S/C10H14N6/c1-2-4-8(3-1)5-12-9-6-11-7-10-13-14-15-16(9)10/h6-8,12H,1-5H2. The van der Waals surface area contributed by atoms with Crippen molar-refractivity contribution in [2.75, 3.05) is 11.9 Å². The van der Waals surface area contributed by atoms with Gasteiger partial charge in [-0.05, 0) is 29.2 Å². The Kier molecular flexibility index (Phi) is 2.40. The lowest BCUT2D eigenvalue weighted by atomic mass is 10.1. The van der Waals surface area contributed by atoms with Crippen LogP contribution in [0.2, 0.25) is 0 Å². The van der Waals surface area contributed by atoms with Crippen LogP contribution in [0.4, 0.5) is 5.82 Å². The average Bonchev–Trinajstić information content (AvgIpc) is 2.97. The molecule has 84 valence electrons. The van der Waals surface area contributed by atoms with Crippen molar-refractivity contribution in [2.45, 2.75) is 25.7 Å². The van der Waals surface area contributed by atoms with Gasteiger partial charge in [-0.15, -0.1) is 5.10 Å². The van der Waals surface area contributed by atoms with Gasteiger partial charge in [0.05, 0.1) is 12.4 Å². The molecule has 1 saturated carbocycles. The predicted molar refractivity (Wildman–Crippen MR) is 59.0 cm³/mol. The normalized spacial score (nSPS) is 17.0. The lowest BCUT2D eigenvalue weighted by molar-refractivity contribution is 0.577.